The highest BCUT2D eigenvalue weighted by Gasteiger charge is 2.11. The molecule has 136 valence electrons. The van der Waals surface area contributed by atoms with Crippen molar-refractivity contribution in [3.8, 4) is 11.4 Å². The molecule has 0 spiro atoms. The quantitative estimate of drug-likeness (QED) is 0.569. The monoisotopic (exact) mass is 380 g/mol. The average Bonchev–Trinajstić information content (AvgIpc) is 3.12. The van der Waals surface area contributed by atoms with Gasteiger partial charge in [0.2, 0.25) is 0 Å². The van der Waals surface area contributed by atoms with Gasteiger partial charge in [-0.15, -0.1) is 0 Å². The summed E-state index contributed by atoms with van der Waals surface area (Å²) in [4.78, 5) is 21.9. The molecule has 3 heterocycles. The Morgan fingerprint density at radius 1 is 1.11 bits per heavy atom. The first kappa shape index (κ1) is 17.5. The molecular weight excluding hydrogens is 364 g/mol. The van der Waals surface area contributed by atoms with E-state index in [2.05, 4.69) is 15.1 Å². The van der Waals surface area contributed by atoms with Crippen LogP contribution in [0.4, 0.5) is 0 Å². The van der Waals surface area contributed by atoms with Crippen LogP contribution < -0.4 is 5.43 Å². The number of nitrogens with zero attached hydrogens (tertiary/aromatic N) is 3. The highest BCUT2D eigenvalue weighted by atomic mass is 35.5. The van der Waals surface area contributed by atoms with E-state index in [9.17, 15) is 4.79 Å². The minimum absolute atomic E-state index is 0.0493. The third-order valence-corrected chi connectivity index (χ3v) is 4.54. The summed E-state index contributed by atoms with van der Waals surface area (Å²) >= 11 is 6.22. The maximum absolute atomic E-state index is 12.3. The predicted octanol–water partition coefficient (Wildman–Crippen LogP) is 3.86. The number of aromatic amines is 1. The van der Waals surface area contributed by atoms with Crippen molar-refractivity contribution in [3.63, 3.8) is 0 Å². The SMILES string of the molecule is CN(Cc1cc(=O)c2cccc(Cl)c2[nH]1)Cc1cc(-c2ccccn2)no1. The fourth-order valence-electron chi connectivity index (χ4n) is 3.01. The van der Waals surface area contributed by atoms with Gasteiger partial charge >= 0.3 is 0 Å². The Labute approximate surface area is 160 Å². The van der Waals surface area contributed by atoms with Crippen molar-refractivity contribution in [1.82, 2.24) is 20.0 Å². The van der Waals surface area contributed by atoms with Gasteiger partial charge in [0.15, 0.2) is 11.2 Å². The van der Waals surface area contributed by atoms with Crippen LogP contribution in [-0.4, -0.2) is 27.1 Å². The second-order valence-electron chi connectivity index (χ2n) is 6.39. The van der Waals surface area contributed by atoms with Crippen molar-refractivity contribution < 1.29 is 4.52 Å². The molecule has 27 heavy (non-hydrogen) atoms. The van der Waals surface area contributed by atoms with Crippen molar-refractivity contribution in [2.45, 2.75) is 13.1 Å². The van der Waals surface area contributed by atoms with Gasteiger partial charge in [-0.1, -0.05) is 28.9 Å². The van der Waals surface area contributed by atoms with Gasteiger partial charge in [-0.05, 0) is 31.3 Å². The lowest BCUT2D eigenvalue weighted by atomic mass is 10.2. The van der Waals surface area contributed by atoms with Crippen molar-refractivity contribution >= 4 is 22.5 Å². The van der Waals surface area contributed by atoms with Gasteiger partial charge in [0.25, 0.3) is 0 Å². The van der Waals surface area contributed by atoms with E-state index in [4.69, 9.17) is 16.1 Å². The van der Waals surface area contributed by atoms with E-state index in [-0.39, 0.29) is 5.43 Å². The largest absolute Gasteiger partial charge is 0.359 e. The molecule has 6 nitrogen and oxygen atoms in total. The van der Waals surface area contributed by atoms with E-state index in [0.717, 1.165) is 17.1 Å². The fourth-order valence-corrected chi connectivity index (χ4v) is 3.23. The lowest BCUT2D eigenvalue weighted by molar-refractivity contribution is 0.265. The Bertz CT molecular complexity index is 1140. The van der Waals surface area contributed by atoms with Gasteiger partial charge in [-0.3, -0.25) is 14.7 Å². The lowest BCUT2D eigenvalue weighted by Crippen LogP contribution is -2.19. The van der Waals surface area contributed by atoms with Gasteiger partial charge in [-0.2, -0.15) is 0 Å². The number of pyridine rings is 2. The summed E-state index contributed by atoms with van der Waals surface area (Å²) in [6.07, 6.45) is 1.72. The van der Waals surface area contributed by atoms with Crippen LogP contribution in [-0.2, 0) is 13.1 Å². The van der Waals surface area contributed by atoms with Crippen LogP contribution in [0.15, 0.2) is 64.0 Å². The van der Waals surface area contributed by atoms with Gasteiger partial charge in [0.1, 0.15) is 5.69 Å². The molecule has 0 saturated heterocycles. The Balaban J connectivity index is 1.51. The van der Waals surface area contributed by atoms with E-state index in [0.29, 0.717) is 34.7 Å². The molecule has 0 unspecified atom stereocenters. The minimum atomic E-state index is -0.0493. The summed E-state index contributed by atoms with van der Waals surface area (Å²) in [7, 11) is 1.94. The lowest BCUT2D eigenvalue weighted by Gasteiger charge is -2.15. The van der Waals surface area contributed by atoms with E-state index >= 15 is 0 Å². The Kier molecular flexibility index (Phi) is 4.75. The predicted molar refractivity (Wildman–Crippen MR) is 104 cm³/mol. The molecule has 0 aliphatic heterocycles. The summed E-state index contributed by atoms with van der Waals surface area (Å²) in [5.41, 5.74) is 2.86. The average molecular weight is 381 g/mol. The molecule has 4 aromatic rings. The summed E-state index contributed by atoms with van der Waals surface area (Å²) in [5.74, 6) is 0.722. The molecule has 4 rings (SSSR count). The smallest absolute Gasteiger partial charge is 0.189 e. The number of aromatic nitrogens is 3. The summed E-state index contributed by atoms with van der Waals surface area (Å²) < 4.78 is 5.42. The first-order valence-electron chi connectivity index (χ1n) is 8.46. The first-order valence-corrected chi connectivity index (χ1v) is 8.84. The highest BCUT2D eigenvalue weighted by Crippen LogP contribution is 2.20. The number of para-hydroxylation sites is 1. The maximum atomic E-state index is 12.3. The van der Waals surface area contributed by atoms with Crippen LogP contribution in [0.1, 0.15) is 11.5 Å². The summed E-state index contributed by atoms with van der Waals surface area (Å²) in [5, 5.41) is 5.19. The zero-order chi connectivity index (χ0) is 18.8. The van der Waals surface area contributed by atoms with Crippen LogP contribution in [0.3, 0.4) is 0 Å². The normalized spacial score (nSPS) is 11.4. The molecule has 0 fully saturated rings. The van der Waals surface area contributed by atoms with Crippen molar-refractivity contribution in [2.24, 2.45) is 0 Å². The summed E-state index contributed by atoms with van der Waals surface area (Å²) in [6, 6.07) is 14.4. The Morgan fingerprint density at radius 2 is 2.00 bits per heavy atom. The van der Waals surface area contributed by atoms with E-state index < -0.39 is 0 Å². The Morgan fingerprint density at radius 3 is 2.81 bits per heavy atom. The standard InChI is InChI=1S/C20H17ClN4O2/c1-25(12-14-10-18(24-27-14)17-7-2-3-8-22-17)11-13-9-19(26)15-5-4-6-16(21)20(15)23-13/h2-10H,11-12H2,1H3,(H,23,26). The molecule has 1 aromatic carbocycles. The second-order valence-corrected chi connectivity index (χ2v) is 6.79. The molecular formula is C20H17ClN4O2. The molecule has 0 aliphatic carbocycles. The van der Waals surface area contributed by atoms with Crippen LogP contribution in [0.2, 0.25) is 5.02 Å². The number of H-pyrrole nitrogens is 1. The molecule has 3 aromatic heterocycles. The van der Waals surface area contributed by atoms with E-state index in [1.807, 2.05) is 36.2 Å². The first-order chi connectivity index (χ1) is 13.1. The number of rotatable bonds is 5. The molecule has 0 saturated carbocycles. The van der Waals surface area contributed by atoms with Gasteiger partial charge in [0, 0.05) is 36.0 Å². The van der Waals surface area contributed by atoms with Crippen molar-refractivity contribution in [1.29, 1.82) is 0 Å². The zero-order valence-electron chi connectivity index (χ0n) is 14.6. The number of hydrogen-bond acceptors (Lipinski definition) is 5. The molecule has 0 aliphatic rings. The summed E-state index contributed by atoms with van der Waals surface area (Å²) in [6.45, 7) is 1.08. The topological polar surface area (TPSA) is 75.0 Å². The number of benzene rings is 1. The zero-order valence-corrected chi connectivity index (χ0v) is 15.4. The van der Waals surface area contributed by atoms with Crippen LogP contribution >= 0.6 is 11.6 Å². The molecule has 0 radical (unpaired) electrons. The number of fused-ring (bicyclic) bond motifs is 1. The van der Waals surface area contributed by atoms with Gasteiger partial charge in [-0.25, -0.2) is 0 Å². The molecule has 1 N–H and O–H groups in total. The van der Waals surface area contributed by atoms with E-state index in [1.165, 1.54) is 0 Å². The number of nitrogens with one attached hydrogen (secondary N) is 1. The highest BCUT2D eigenvalue weighted by molar-refractivity contribution is 6.35. The maximum Gasteiger partial charge on any atom is 0.189 e. The minimum Gasteiger partial charge on any atom is -0.359 e. The van der Waals surface area contributed by atoms with Crippen molar-refractivity contribution in [2.75, 3.05) is 7.05 Å². The third kappa shape index (κ3) is 3.77. The molecule has 7 heteroatoms. The van der Waals surface area contributed by atoms with Crippen LogP contribution in [0.5, 0.6) is 0 Å². The molecule has 0 atom stereocenters. The molecule has 0 bridgehead atoms. The second kappa shape index (κ2) is 7.34. The van der Waals surface area contributed by atoms with Gasteiger partial charge in [0.05, 0.1) is 22.8 Å². The van der Waals surface area contributed by atoms with Crippen LogP contribution in [0.25, 0.3) is 22.3 Å². The molecule has 0 amide bonds. The fraction of sp³-hybridized carbons (Fsp3) is 0.150. The van der Waals surface area contributed by atoms with E-state index in [1.54, 1.807) is 30.5 Å². The Hall–Kier alpha value is -2.96. The van der Waals surface area contributed by atoms with Crippen LogP contribution in [0, 0.1) is 0 Å². The third-order valence-electron chi connectivity index (χ3n) is 4.22. The number of halogens is 1. The van der Waals surface area contributed by atoms with Crippen molar-refractivity contribution in [3.05, 3.63) is 81.4 Å². The van der Waals surface area contributed by atoms with Gasteiger partial charge < -0.3 is 9.51 Å². The number of hydrogen-bond donors (Lipinski definition) is 1.